The third kappa shape index (κ3) is 3.52. The number of thiophene rings is 1. The van der Waals surface area contributed by atoms with Crippen molar-refractivity contribution in [3.05, 3.63) is 140 Å². The van der Waals surface area contributed by atoms with Gasteiger partial charge in [-0.05, 0) is 35.0 Å². The predicted octanol–water partition coefficient (Wildman–Crippen LogP) is 10.4. The lowest BCUT2D eigenvalue weighted by atomic mass is 10.0. The van der Waals surface area contributed by atoms with Gasteiger partial charge in [0.05, 0.1) is 27.1 Å². The van der Waals surface area contributed by atoms with Crippen molar-refractivity contribution in [1.82, 2.24) is 14.5 Å². The summed E-state index contributed by atoms with van der Waals surface area (Å²) in [6.45, 7) is 0. The molecule has 9 aromatic rings. The van der Waals surface area contributed by atoms with Crippen LogP contribution in [-0.2, 0) is 0 Å². The molecule has 0 aliphatic heterocycles. The van der Waals surface area contributed by atoms with Crippen molar-refractivity contribution in [2.75, 3.05) is 0 Å². The van der Waals surface area contributed by atoms with Crippen LogP contribution in [0.5, 0.6) is 0 Å². The minimum Gasteiger partial charge on any atom is -0.276 e. The Morgan fingerprint density at radius 3 is 2.05 bits per heavy atom. The van der Waals surface area contributed by atoms with Crippen LogP contribution in [0.25, 0.3) is 81.2 Å². The summed E-state index contributed by atoms with van der Waals surface area (Å²) in [5.74, 6) is 0.677. The molecule has 9 rings (SSSR count). The molecular weight excluding hydrogens is 531 g/mol. The van der Waals surface area contributed by atoms with Crippen LogP contribution in [0.1, 0.15) is 0 Å². The Hall–Kier alpha value is -5.32. The van der Waals surface area contributed by atoms with Crippen molar-refractivity contribution in [2.24, 2.45) is 0 Å². The summed E-state index contributed by atoms with van der Waals surface area (Å²) in [7, 11) is 0. The van der Waals surface area contributed by atoms with Gasteiger partial charge in [-0.3, -0.25) is 4.57 Å². The van der Waals surface area contributed by atoms with Gasteiger partial charge in [0.2, 0.25) is 5.95 Å². The molecule has 0 saturated carbocycles. The van der Waals surface area contributed by atoms with Crippen LogP contribution in [0.2, 0.25) is 0 Å². The SMILES string of the molecule is c1ccc(-c2cc(-c3ccc4ccccc4c3)nc(-n3c4ccccc4c4ccc5c6ccccc6sc5c43)n2)cc1. The highest BCUT2D eigenvalue weighted by atomic mass is 32.1. The van der Waals surface area contributed by atoms with Gasteiger partial charge in [0.15, 0.2) is 0 Å². The average Bonchev–Trinajstić information content (AvgIpc) is 3.61. The van der Waals surface area contributed by atoms with Gasteiger partial charge in [-0.25, -0.2) is 9.97 Å². The summed E-state index contributed by atoms with van der Waals surface area (Å²) in [6.07, 6.45) is 0. The van der Waals surface area contributed by atoms with E-state index in [9.17, 15) is 0 Å². The molecule has 3 heterocycles. The predicted molar refractivity (Wildman–Crippen MR) is 178 cm³/mol. The monoisotopic (exact) mass is 553 g/mol. The minimum absolute atomic E-state index is 0.677. The van der Waals surface area contributed by atoms with Gasteiger partial charge in [-0.1, -0.05) is 115 Å². The fourth-order valence-electron chi connectivity index (χ4n) is 6.23. The zero-order chi connectivity index (χ0) is 27.6. The van der Waals surface area contributed by atoms with Crippen molar-refractivity contribution < 1.29 is 0 Å². The van der Waals surface area contributed by atoms with Gasteiger partial charge < -0.3 is 0 Å². The first-order valence-corrected chi connectivity index (χ1v) is 14.9. The van der Waals surface area contributed by atoms with Crippen LogP contribution in [0.4, 0.5) is 0 Å². The van der Waals surface area contributed by atoms with Gasteiger partial charge in [-0.15, -0.1) is 11.3 Å². The van der Waals surface area contributed by atoms with E-state index in [0.29, 0.717) is 5.95 Å². The van der Waals surface area contributed by atoms with E-state index in [1.807, 2.05) is 17.4 Å². The quantitative estimate of drug-likeness (QED) is 0.218. The van der Waals surface area contributed by atoms with Crippen molar-refractivity contribution >= 4 is 64.1 Å². The minimum atomic E-state index is 0.677. The maximum atomic E-state index is 5.30. The van der Waals surface area contributed by atoms with Crippen LogP contribution in [0, 0.1) is 0 Å². The molecule has 0 atom stereocenters. The van der Waals surface area contributed by atoms with Crippen LogP contribution < -0.4 is 0 Å². The van der Waals surface area contributed by atoms with E-state index in [0.717, 1.165) is 33.5 Å². The third-order valence-corrected chi connectivity index (χ3v) is 9.40. The Morgan fingerprint density at radius 2 is 1.17 bits per heavy atom. The summed E-state index contributed by atoms with van der Waals surface area (Å²) in [6, 6.07) is 49.4. The maximum Gasteiger partial charge on any atom is 0.235 e. The van der Waals surface area contributed by atoms with Crippen molar-refractivity contribution in [1.29, 1.82) is 0 Å². The highest BCUT2D eigenvalue weighted by molar-refractivity contribution is 7.26. The Bertz CT molecular complexity index is 2470. The standard InChI is InChI=1S/C38H23N3S/c1-2-11-25(12-3-1)32-23-33(27-19-18-24-10-4-5-13-26(24)22-27)40-38(39-32)41-34-16-8-6-14-28(34)30-20-21-31-29-15-7-9-17-35(29)42-37(31)36(30)41/h1-23H. The summed E-state index contributed by atoms with van der Waals surface area (Å²) in [5.41, 5.74) is 6.20. The fourth-order valence-corrected chi connectivity index (χ4v) is 7.47. The van der Waals surface area contributed by atoms with E-state index >= 15 is 0 Å². The van der Waals surface area contributed by atoms with Crippen LogP contribution >= 0.6 is 11.3 Å². The van der Waals surface area contributed by atoms with Gasteiger partial charge >= 0.3 is 0 Å². The Labute approximate surface area is 246 Å². The van der Waals surface area contributed by atoms with Crippen LogP contribution in [-0.4, -0.2) is 14.5 Å². The van der Waals surface area contributed by atoms with E-state index in [4.69, 9.17) is 9.97 Å². The molecule has 0 aliphatic carbocycles. The number of para-hydroxylation sites is 1. The average molecular weight is 554 g/mol. The van der Waals surface area contributed by atoms with E-state index < -0.39 is 0 Å². The number of aromatic nitrogens is 3. The largest absolute Gasteiger partial charge is 0.276 e. The second kappa shape index (κ2) is 9.10. The van der Waals surface area contributed by atoms with Crippen molar-refractivity contribution in [2.45, 2.75) is 0 Å². The molecular formula is C38H23N3S. The zero-order valence-electron chi connectivity index (χ0n) is 22.5. The highest BCUT2D eigenvalue weighted by Gasteiger charge is 2.20. The third-order valence-electron chi connectivity index (χ3n) is 8.21. The lowest BCUT2D eigenvalue weighted by molar-refractivity contribution is 0.998. The molecule has 6 aromatic carbocycles. The normalized spacial score (nSPS) is 11.8. The van der Waals surface area contributed by atoms with E-state index in [-0.39, 0.29) is 0 Å². The van der Waals surface area contributed by atoms with Crippen LogP contribution in [0.15, 0.2) is 140 Å². The number of hydrogen-bond acceptors (Lipinski definition) is 3. The zero-order valence-corrected chi connectivity index (χ0v) is 23.3. The molecule has 4 heteroatoms. The molecule has 0 spiro atoms. The molecule has 0 fully saturated rings. The lowest BCUT2D eigenvalue weighted by Crippen LogP contribution is -2.04. The second-order valence-electron chi connectivity index (χ2n) is 10.7. The van der Waals surface area contributed by atoms with Gasteiger partial charge in [0.1, 0.15) is 0 Å². The molecule has 196 valence electrons. The first kappa shape index (κ1) is 23.4. The first-order chi connectivity index (χ1) is 20.8. The topological polar surface area (TPSA) is 30.7 Å². The molecule has 42 heavy (non-hydrogen) atoms. The lowest BCUT2D eigenvalue weighted by Gasteiger charge is -2.12. The molecule has 0 aliphatic rings. The van der Waals surface area contributed by atoms with Gasteiger partial charge in [-0.2, -0.15) is 0 Å². The molecule has 0 N–H and O–H groups in total. The number of rotatable bonds is 3. The van der Waals surface area contributed by atoms with E-state index in [1.54, 1.807) is 0 Å². The first-order valence-electron chi connectivity index (χ1n) is 14.1. The molecule has 0 radical (unpaired) electrons. The van der Waals surface area contributed by atoms with Crippen molar-refractivity contribution in [3.8, 4) is 28.5 Å². The molecule has 0 amide bonds. The fraction of sp³-hybridized carbons (Fsp3) is 0. The number of fused-ring (bicyclic) bond motifs is 8. The molecule has 3 nitrogen and oxygen atoms in total. The molecule has 3 aromatic heterocycles. The smallest absolute Gasteiger partial charge is 0.235 e. The molecule has 0 bridgehead atoms. The van der Waals surface area contributed by atoms with Crippen LogP contribution in [0.3, 0.4) is 0 Å². The number of nitrogens with zero attached hydrogens (tertiary/aromatic N) is 3. The number of hydrogen-bond donors (Lipinski definition) is 0. The van der Waals surface area contributed by atoms with Gasteiger partial charge in [0, 0.05) is 37.4 Å². The summed E-state index contributed by atoms with van der Waals surface area (Å²) < 4.78 is 4.82. The van der Waals surface area contributed by atoms with Gasteiger partial charge in [0.25, 0.3) is 0 Å². The summed E-state index contributed by atoms with van der Waals surface area (Å²) >= 11 is 1.84. The summed E-state index contributed by atoms with van der Waals surface area (Å²) in [4.78, 5) is 10.5. The van der Waals surface area contributed by atoms with E-state index in [1.165, 1.54) is 41.7 Å². The van der Waals surface area contributed by atoms with E-state index in [2.05, 4.69) is 138 Å². The highest BCUT2D eigenvalue weighted by Crippen LogP contribution is 2.42. The molecule has 0 saturated heterocycles. The maximum absolute atomic E-state index is 5.30. The Kier molecular flexibility index (Phi) is 5.07. The molecule has 0 unspecified atom stereocenters. The second-order valence-corrected chi connectivity index (χ2v) is 11.7. The Morgan fingerprint density at radius 1 is 0.476 bits per heavy atom. The summed E-state index contributed by atoms with van der Waals surface area (Å²) in [5, 5.41) is 7.38. The Balaban J connectivity index is 1.40. The van der Waals surface area contributed by atoms with Crippen molar-refractivity contribution in [3.63, 3.8) is 0 Å². The number of benzene rings is 6.